The van der Waals surface area contributed by atoms with Crippen LogP contribution >= 0.6 is 0 Å². The highest BCUT2D eigenvalue weighted by molar-refractivity contribution is 5.21. The van der Waals surface area contributed by atoms with E-state index < -0.39 is 22.2 Å². The van der Waals surface area contributed by atoms with Gasteiger partial charge in [0.1, 0.15) is 12.4 Å². The van der Waals surface area contributed by atoms with Crippen molar-refractivity contribution in [2.24, 2.45) is 5.73 Å². The smallest absolute Gasteiger partial charge is 0.344 e. The zero-order chi connectivity index (χ0) is 23.8. The number of aromatic nitrogens is 4. The van der Waals surface area contributed by atoms with Gasteiger partial charge in [-0.05, 0) is 43.1 Å². The number of aryl methyl sites for hydroxylation is 2. The standard InChI is InChI=1S/C20H34N8O4/c1-15-22-13-19(27(29)30)25(15)17(3)24(12-10-8-6-5-7-9-11-21)18(4)26-16(2)23-14-20(26)28(31)32/h13-14,17-18H,5-12,21H2,1-4H3. The summed E-state index contributed by atoms with van der Waals surface area (Å²) < 4.78 is 3.13. The molecule has 0 fully saturated rings. The van der Waals surface area contributed by atoms with E-state index in [2.05, 4.69) is 9.97 Å². The SMILES string of the molecule is Cc1ncc([N+](=O)[O-])n1C(C)N(CCCCCCCCN)C(C)n1c([N+](=O)[O-])cnc1C. The molecule has 0 aromatic carbocycles. The molecule has 0 aliphatic heterocycles. The summed E-state index contributed by atoms with van der Waals surface area (Å²) in [7, 11) is 0. The molecule has 0 saturated carbocycles. The van der Waals surface area contributed by atoms with Crippen molar-refractivity contribution in [3.8, 4) is 0 Å². The van der Waals surface area contributed by atoms with Crippen molar-refractivity contribution in [1.29, 1.82) is 0 Å². The lowest BCUT2D eigenvalue weighted by Gasteiger charge is -2.32. The molecule has 2 heterocycles. The van der Waals surface area contributed by atoms with Crippen LogP contribution in [0.15, 0.2) is 12.4 Å². The number of unbranched alkanes of at least 4 members (excludes halogenated alkanes) is 5. The number of hydrogen-bond acceptors (Lipinski definition) is 8. The molecular formula is C20H34N8O4. The van der Waals surface area contributed by atoms with Crippen LogP contribution in [-0.4, -0.2) is 46.9 Å². The van der Waals surface area contributed by atoms with Gasteiger partial charge in [0, 0.05) is 20.4 Å². The van der Waals surface area contributed by atoms with E-state index in [-0.39, 0.29) is 11.6 Å². The monoisotopic (exact) mass is 450 g/mol. The van der Waals surface area contributed by atoms with Crippen LogP contribution in [0.3, 0.4) is 0 Å². The molecule has 0 aliphatic rings. The van der Waals surface area contributed by atoms with Crippen LogP contribution in [0.2, 0.25) is 0 Å². The first kappa shape index (κ1) is 25.4. The molecule has 0 radical (unpaired) electrons. The zero-order valence-corrected chi connectivity index (χ0v) is 19.3. The summed E-state index contributed by atoms with van der Waals surface area (Å²) in [4.78, 5) is 32.5. The number of hydrogen-bond donors (Lipinski definition) is 1. The lowest BCUT2D eigenvalue weighted by atomic mass is 10.1. The minimum absolute atomic E-state index is 0.106. The Morgan fingerprint density at radius 2 is 1.28 bits per heavy atom. The average molecular weight is 451 g/mol. The molecule has 0 aliphatic carbocycles. The third-order valence-electron chi connectivity index (χ3n) is 5.88. The fraction of sp³-hybridized carbons (Fsp3) is 0.700. The van der Waals surface area contributed by atoms with E-state index in [1.807, 2.05) is 18.7 Å². The number of nitrogens with two attached hydrogens (primary N) is 1. The van der Waals surface area contributed by atoms with Gasteiger partial charge in [0.15, 0.2) is 24.0 Å². The van der Waals surface area contributed by atoms with Gasteiger partial charge in [-0.1, -0.05) is 25.7 Å². The van der Waals surface area contributed by atoms with Crippen LogP contribution in [-0.2, 0) is 0 Å². The van der Waals surface area contributed by atoms with E-state index in [4.69, 9.17) is 5.73 Å². The largest absolute Gasteiger partial charge is 0.358 e. The average Bonchev–Trinajstić information content (AvgIpc) is 3.32. The predicted octanol–water partition coefficient (Wildman–Crippen LogP) is 3.85. The highest BCUT2D eigenvalue weighted by Crippen LogP contribution is 2.31. The van der Waals surface area contributed by atoms with E-state index in [0.29, 0.717) is 24.7 Å². The van der Waals surface area contributed by atoms with Crippen molar-refractivity contribution in [3.05, 3.63) is 44.3 Å². The fourth-order valence-electron chi connectivity index (χ4n) is 4.20. The maximum Gasteiger partial charge on any atom is 0.344 e. The van der Waals surface area contributed by atoms with Crippen LogP contribution in [0.4, 0.5) is 11.6 Å². The molecule has 0 spiro atoms. The van der Waals surface area contributed by atoms with Crippen LogP contribution in [0.1, 0.15) is 76.4 Å². The zero-order valence-electron chi connectivity index (χ0n) is 19.3. The van der Waals surface area contributed by atoms with Gasteiger partial charge in [-0.2, -0.15) is 9.13 Å². The van der Waals surface area contributed by atoms with E-state index in [9.17, 15) is 20.2 Å². The van der Waals surface area contributed by atoms with Crippen LogP contribution in [0.25, 0.3) is 0 Å². The molecule has 2 unspecified atom stereocenters. The second-order valence-electron chi connectivity index (χ2n) is 7.99. The molecule has 12 nitrogen and oxygen atoms in total. The summed E-state index contributed by atoms with van der Waals surface area (Å²) in [5, 5.41) is 23.1. The first-order valence-corrected chi connectivity index (χ1v) is 11.0. The van der Waals surface area contributed by atoms with Crippen molar-refractivity contribution in [2.45, 2.75) is 78.6 Å². The molecule has 2 aromatic heterocycles. The second-order valence-corrected chi connectivity index (χ2v) is 7.99. The van der Waals surface area contributed by atoms with Crippen molar-refractivity contribution in [2.75, 3.05) is 13.1 Å². The van der Waals surface area contributed by atoms with Gasteiger partial charge in [0.2, 0.25) is 0 Å². The summed E-state index contributed by atoms with van der Waals surface area (Å²) in [6.07, 6.45) is 7.79. The minimum atomic E-state index is -0.457. The molecule has 12 heteroatoms. The lowest BCUT2D eigenvalue weighted by molar-refractivity contribution is -0.394. The minimum Gasteiger partial charge on any atom is -0.358 e. The van der Waals surface area contributed by atoms with Crippen LogP contribution in [0.5, 0.6) is 0 Å². The maximum atomic E-state index is 11.6. The first-order chi connectivity index (χ1) is 15.2. The predicted molar refractivity (Wildman–Crippen MR) is 120 cm³/mol. The molecular weight excluding hydrogens is 416 g/mol. The Hall–Kier alpha value is -2.86. The highest BCUT2D eigenvalue weighted by Gasteiger charge is 2.35. The van der Waals surface area contributed by atoms with Crippen molar-refractivity contribution >= 4 is 11.6 Å². The summed E-state index contributed by atoms with van der Waals surface area (Å²) in [6, 6.07) is 0. The first-order valence-electron chi connectivity index (χ1n) is 11.0. The summed E-state index contributed by atoms with van der Waals surface area (Å²) in [5.74, 6) is 0.816. The molecule has 2 N–H and O–H groups in total. The van der Waals surface area contributed by atoms with E-state index in [1.165, 1.54) is 12.4 Å². The molecule has 0 amide bonds. The van der Waals surface area contributed by atoms with Gasteiger partial charge >= 0.3 is 11.6 Å². The maximum absolute atomic E-state index is 11.6. The van der Waals surface area contributed by atoms with Crippen LogP contribution < -0.4 is 5.73 Å². The molecule has 2 atom stereocenters. The molecule has 2 aromatic rings. The number of imidazole rings is 2. The molecule has 32 heavy (non-hydrogen) atoms. The Bertz CT molecular complexity index is 845. The van der Waals surface area contributed by atoms with Gasteiger partial charge < -0.3 is 26.0 Å². The molecule has 2 rings (SSSR count). The van der Waals surface area contributed by atoms with Gasteiger partial charge in [-0.3, -0.25) is 0 Å². The van der Waals surface area contributed by atoms with E-state index in [1.54, 1.807) is 23.0 Å². The third-order valence-corrected chi connectivity index (χ3v) is 5.88. The molecule has 0 saturated heterocycles. The van der Waals surface area contributed by atoms with E-state index in [0.717, 1.165) is 38.5 Å². The van der Waals surface area contributed by atoms with Gasteiger partial charge in [-0.15, -0.1) is 0 Å². The van der Waals surface area contributed by atoms with E-state index >= 15 is 0 Å². The van der Waals surface area contributed by atoms with Crippen molar-refractivity contribution < 1.29 is 9.85 Å². The topological polar surface area (TPSA) is 151 Å². The third kappa shape index (κ3) is 5.88. The van der Waals surface area contributed by atoms with Crippen LogP contribution in [0, 0.1) is 34.1 Å². The van der Waals surface area contributed by atoms with Gasteiger partial charge in [0.05, 0.1) is 0 Å². The Morgan fingerprint density at radius 1 is 0.875 bits per heavy atom. The normalized spacial score (nSPS) is 13.4. The van der Waals surface area contributed by atoms with Crippen molar-refractivity contribution in [3.63, 3.8) is 0 Å². The second kappa shape index (κ2) is 11.7. The molecule has 178 valence electrons. The Balaban J connectivity index is 2.29. The number of nitrogens with zero attached hydrogens (tertiary/aromatic N) is 7. The number of rotatable bonds is 14. The quantitative estimate of drug-likeness (QED) is 0.259. The Morgan fingerprint density at radius 3 is 1.69 bits per heavy atom. The summed E-state index contributed by atoms with van der Waals surface area (Å²) in [5.41, 5.74) is 5.54. The Kier molecular flexibility index (Phi) is 9.27. The Labute approximate surface area is 187 Å². The fourth-order valence-corrected chi connectivity index (χ4v) is 4.20. The summed E-state index contributed by atoms with van der Waals surface area (Å²) >= 11 is 0. The molecule has 0 bridgehead atoms. The highest BCUT2D eigenvalue weighted by atomic mass is 16.6. The van der Waals surface area contributed by atoms with Gasteiger partial charge in [0.25, 0.3) is 0 Å². The summed E-state index contributed by atoms with van der Waals surface area (Å²) in [6.45, 7) is 8.47. The van der Waals surface area contributed by atoms with Gasteiger partial charge in [-0.25, -0.2) is 14.9 Å². The van der Waals surface area contributed by atoms with Crippen molar-refractivity contribution in [1.82, 2.24) is 24.0 Å². The lowest BCUT2D eigenvalue weighted by Crippen LogP contribution is -2.38. The number of nitro groups is 2.